The highest BCUT2D eigenvalue weighted by Gasteiger charge is 2.07. The highest BCUT2D eigenvalue weighted by Crippen LogP contribution is 2.17. The summed E-state index contributed by atoms with van der Waals surface area (Å²) in [4.78, 5) is 19.5. The van der Waals surface area contributed by atoms with Crippen molar-refractivity contribution >= 4 is 28.1 Å². The van der Waals surface area contributed by atoms with Gasteiger partial charge in [0.05, 0.1) is 11.7 Å². The predicted molar refractivity (Wildman–Crippen MR) is 76.4 cm³/mol. The van der Waals surface area contributed by atoms with Crippen LogP contribution >= 0.6 is 11.3 Å². The molecule has 96 valence electrons. The topological polar surface area (TPSA) is 57.8 Å². The Morgan fingerprint density at radius 2 is 2.26 bits per heavy atom. The van der Waals surface area contributed by atoms with Crippen molar-refractivity contribution in [3.63, 3.8) is 0 Å². The van der Waals surface area contributed by atoms with Gasteiger partial charge in [0.1, 0.15) is 4.88 Å². The number of carbonyl (C=O) groups is 1. The van der Waals surface area contributed by atoms with Crippen LogP contribution in [0, 0.1) is 0 Å². The second-order valence-electron chi connectivity index (χ2n) is 4.23. The van der Waals surface area contributed by atoms with Crippen LogP contribution in [0.15, 0.2) is 42.2 Å². The van der Waals surface area contributed by atoms with Gasteiger partial charge in [-0.15, -0.1) is 11.3 Å². The molecular weight excluding hydrogens is 258 g/mol. The molecule has 0 saturated carbocycles. The third-order valence-electron chi connectivity index (χ3n) is 3.01. The largest absolute Gasteiger partial charge is 0.361 e. The van der Waals surface area contributed by atoms with E-state index in [0.29, 0.717) is 11.4 Å². The van der Waals surface area contributed by atoms with E-state index in [9.17, 15) is 4.79 Å². The normalized spacial score (nSPS) is 10.7. The smallest absolute Gasteiger partial charge is 0.263 e. The number of para-hydroxylation sites is 1. The van der Waals surface area contributed by atoms with Gasteiger partial charge in [0, 0.05) is 23.6 Å². The summed E-state index contributed by atoms with van der Waals surface area (Å²) in [6.45, 7) is 0.624. The van der Waals surface area contributed by atoms with Crippen LogP contribution in [0.1, 0.15) is 15.2 Å². The minimum Gasteiger partial charge on any atom is -0.361 e. The lowest BCUT2D eigenvalue weighted by molar-refractivity contribution is 0.0958. The third kappa shape index (κ3) is 2.51. The molecule has 0 unspecified atom stereocenters. The number of nitrogens with zero attached hydrogens (tertiary/aromatic N) is 1. The van der Waals surface area contributed by atoms with Gasteiger partial charge in [0.15, 0.2) is 0 Å². The Morgan fingerprint density at radius 3 is 3.11 bits per heavy atom. The van der Waals surface area contributed by atoms with Crippen molar-refractivity contribution in [3.8, 4) is 0 Å². The van der Waals surface area contributed by atoms with Gasteiger partial charge in [-0.3, -0.25) is 9.78 Å². The summed E-state index contributed by atoms with van der Waals surface area (Å²) in [6.07, 6.45) is 4.41. The van der Waals surface area contributed by atoms with Crippen LogP contribution in [0.5, 0.6) is 0 Å². The molecule has 0 fully saturated rings. The first-order valence-corrected chi connectivity index (χ1v) is 6.94. The fourth-order valence-electron chi connectivity index (χ4n) is 2.06. The Hall–Kier alpha value is -2.14. The Kier molecular flexibility index (Phi) is 3.29. The molecule has 1 aromatic carbocycles. The standard InChI is InChI=1S/C14H13N3OS/c18-14(13-8-15-9-19-13)16-6-5-10-7-17-12-4-2-1-3-11(10)12/h1-4,7-9,17H,5-6H2,(H,16,18). The van der Waals surface area contributed by atoms with Crippen LogP contribution in [0.3, 0.4) is 0 Å². The molecule has 0 aliphatic heterocycles. The van der Waals surface area contributed by atoms with E-state index in [4.69, 9.17) is 0 Å². The van der Waals surface area contributed by atoms with Gasteiger partial charge in [0.2, 0.25) is 0 Å². The molecule has 5 heteroatoms. The first kappa shape index (κ1) is 11.9. The number of thiazole rings is 1. The summed E-state index contributed by atoms with van der Waals surface area (Å²) in [5.74, 6) is -0.0534. The lowest BCUT2D eigenvalue weighted by atomic mass is 10.1. The average Bonchev–Trinajstić information content (AvgIpc) is 3.08. The fraction of sp³-hybridized carbons (Fsp3) is 0.143. The van der Waals surface area contributed by atoms with E-state index in [1.165, 1.54) is 22.3 Å². The van der Waals surface area contributed by atoms with Crippen molar-refractivity contribution in [1.82, 2.24) is 15.3 Å². The molecule has 4 nitrogen and oxygen atoms in total. The Morgan fingerprint density at radius 1 is 1.37 bits per heavy atom. The summed E-state index contributed by atoms with van der Waals surface area (Å²) in [6, 6.07) is 8.17. The second-order valence-corrected chi connectivity index (χ2v) is 5.12. The average molecular weight is 271 g/mol. The lowest BCUT2D eigenvalue weighted by Gasteiger charge is -2.02. The maximum absolute atomic E-state index is 11.7. The lowest BCUT2D eigenvalue weighted by Crippen LogP contribution is -2.24. The highest BCUT2D eigenvalue weighted by molar-refractivity contribution is 7.11. The number of nitrogens with one attached hydrogen (secondary N) is 2. The summed E-state index contributed by atoms with van der Waals surface area (Å²) < 4.78 is 0. The van der Waals surface area contributed by atoms with Crippen molar-refractivity contribution in [2.45, 2.75) is 6.42 Å². The van der Waals surface area contributed by atoms with E-state index in [1.807, 2.05) is 18.3 Å². The van der Waals surface area contributed by atoms with Crippen LogP contribution in [0.2, 0.25) is 0 Å². The number of H-pyrrole nitrogens is 1. The minimum atomic E-state index is -0.0534. The fourth-order valence-corrected chi connectivity index (χ4v) is 2.60. The van der Waals surface area contributed by atoms with E-state index in [2.05, 4.69) is 27.4 Å². The van der Waals surface area contributed by atoms with Crippen molar-refractivity contribution in [2.75, 3.05) is 6.54 Å². The molecule has 3 aromatic rings. The number of hydrogen-bond donors (Lipinski definition) is 2. The van der Waals surface area contributed by atoms with E-state index >= 15 is 0 Å². The Balaban J connectivity index is 1.62. The van der Waals surface area contributed by atoms with Gasteiger partial charge in [-0.25, -0.2) is 0 Å². The Labute approximate surface area is 114 Å². The van der Waals surface area contributed by atoms with Crippen LogP contribution in [0.25, 0.3) is 10.9 Å². The molecule has 2 aromatic heterocycles. The number of amides is 1. The summed E-state index contributed by atoms with van der Waals surface area (Å²) in [5.41, 5.74) is 4.01. The van der Waals surface area contributed by atoms with Crippen LogP contribution in [-0.4, -0.2) is 22.4 Å². The molecule has 0 atom stereocenters. The molecule has 0 radical (unpaired) electrons. The zero-order valence-electron chi connectivity index (χ0n) is 10.2. The summed E-state index contributed by atoms with van der Waals surface area (Å²) >= 11 is 1.35. The van der Waals surface area contributed by atoms with E-state index in [1.54, 1.807) is 11.7 Å². The number of benzene rings is 1. The molecule has 0 spiro atoms. The molecule has 0 saturated heterocycles. The monoisotopic (exact) mass is 271 g/mol. The molecular formula is C14H13N3OS. The minimum absolute atomic E-state index is 0.0534. The zero-order chi connectivity index (χ0) is 13.1. The third-order valence-corrected chi connectivity index (χ3v) is 3.78. The van der Waals surface area contributed by atoms with Crippen molar-refractivity contribution < 1.29 is 4.79 Å². The highest BCUT2D eigenvalue weighted by atomic mass is 32.1. The second kappa shape index (κ2) is 5.24. The van der Waals surface area contributed by atoms with Gasteiger partial charge in [-0.2, -0.15) is 0 Å². The number of aromatic amines is 1. The quantitative estimate of drug-likeness (QED) is 0.766. The molecule has 0 aliphatic rings. The first-order chi connectivity index (χ1) is 9.34. The van der Waals surface area contributed by atoms with Crippen LogP contribution < -0.4 is 5.32 Å². The van der Waals surface area contributed by atoms with Crippen LogP contribution in [0.4, 0.5) is 0 Å². The van der Waals surface area contributed by atoms with Crippen molar-refractivity contribution in [2.24, 2.45) is 0 Å². The van der Waals surface area contributed by atoms with E-state index in [-0.39, 0.29) is 5.91 Å². The maximum atomic E-state index is 11.7. The molecule has 0 aliphatic carbocycles. The predicted octanol–water partition coefficient (Wildman–Crippen LogP) is 2.60. The van der Waals surface area contributed by atoms with Crippen LogP contribution in [-0.2, 0) is 6.42 Å². The molecule has 0 bridgehead atoms. The van der Waals surface area contributed by atoms with E-state index < -0.39 is 0 Å². The zero-order valence-corrected chi connectivity index (χ0v) is 11.0. The van der Waals surface area contributed by atoms with Crippen molar-refractivity contribution in [3.05, 3.63) is 52.6 Å². The molecule has 1 amide bonds. The molecule has 3 rings (SSSR count). The Bertz CT molecular complexity index is 688. The maximum Gasteiger partial charge on any atom is 0.263 e. The number of carbonyl (C=O) groups excluding carboxylic acids is 1. The van der Waals surface area contributed by atoms with Gasteiger partial charge < -0.3 is 10.3 Å². The number of fused-ring (bicyclic) bond motifs is 1. The number of hydrogen-bond acceptors (Lipinski definition) is 3. The first-order valence-electron chi connectivity index (χ1n) is 6.06. The van der Waals surface area contributed by atoms with Gasteiger partial charge in [-0.1, -0.05) is 18.2 Å². The molecule has 19 heavy (non-hydrogen) atoms. The molecule has 2 heterocycles. The summed E-state index contributed by atoms with van der Waals surface area (Å²) in [5, 5.41) is 4.12. The summed E-state index contributed by atoms with van der Waals surface area (Å²) in [7, 11) is 0. The number of aromatic nitrogens is 2. The van der Waals surface area contributed by atoms with Gasteiger partial charge in [0.25, 0.3) is 5.91 Å². The van der Waals surface area contributed by atoms with E-state index in [0.717, 1.165) is 11.9 Å². The SMILES string of the molecule is O=C(NCCc1c[nH]c2ccccc12)c1cncs1. The molecule has 2 N–H and O–H groups in total. The van der Waals surface area contributed by atoms with Crippen molar-refractivity contribution in [1.29, 1.82) is 0 Å². The van der Waals surface area contributed by atoms with Gasteiger partial charge >= 0.3 is 0 Å². The van der Waals surface area contributed by atoms with Gasteiger partial charge in [-0.05, 0) is 18.1 Å². The number of rotatable bonds is 4.